The molecule has 170 valence electrons. The molecule has 0 radical (unpaired) electrons. The van der Waals surface area contributed by atoms with E-state index in [0.717, 1.165) is 57.1 Å². The maximum atomic E-state index is 12.8. The Hall–Kier alpha value is -1.32. The van der Waals surface area contributed by atoms with E-state index in [2.05, 4.69) is 50.2 Å². The summed E-state index contributed by atoms with van der Waals surface area (Å²) in [5.41, 5.74) is 2.26. The van der Waals surface area contributed by atoms with Crippen LogP contribution in [-0.4, -0.2) is 59.3 Å². The molecule has 2 unspecified atom stereocenters. The second-order valence-corrected chi connectivity index (χ2v) is 8.92. The van der Waals surface area contributed by atoms with Gasteiger partial charge in [0, 0.05) is 50.9 Å². The molecule has 1 saturated carbocycles. The lowest BCUT2D eigenvalue weighted by molar-refractivity contribution is -0.135. The van der Waals surface area contributed by atoms with E-state index in [1.165, 1.54) is 25.0 Å². The molecule has 0 spiro atoms. The summed E-state index contributed by atoms with van der Waals surface area (Å²) in [7, 11) is 1.81. The summed E-state index contributed by atoms with van der Waals surface area (Å²) in [4.78, 5) is 19.2. The highest BCUT2D eigenvalue weighted by atomic mass is 127. The largest absolute Gasteiger partial charge is 0.356 e. The summed E-state index contributed by atoms with van der Waals surface area (Å²) in [6, 6.07) is 2.39. The van der Waals surface area contributed by atoms with Gasteiger partial charge in [-0.25, -0.2) is 0 Å². The summed E-state index contributed by atoms with van der Waals surface area (Å²) in [5, 5.41) is 11.5. The molecule has 2 heterocycles. The third kappa shape index (κ3) is 6.85. The Morgan fingerprint density at radius 3 is 2.63 bits per heavy atom. The van der Waals surface area contributed by atoms with Crippen LogP contribution in [0.2, 0.25) is 0 Å². The Morgan fingerprint density at radius 2 is 2.00 bits per heavy atom. The summed E-state index contributed by atoms with van der Waals surface area (Å²) in [5.74, 6) is 1.88. The molecular weight excluding hydrogens is 491 g/mol. The normalized spacial score (nSPS) is 21.3. The highest BCUT2D eigenvalue weighted by Gasteiger charge is 2.31. The van der Waals surface area contributed by atoms with Crippen LogP contribution in [0.5, 0.6) is 0 Å². The van der Waals surface area contributed by atoms with Gasteiger partial charge >= 0.3 is 0 Å². The summed E-state index contributed by atoms with van der Waals surface area (Å²) < 4.78 is 2.07. The third-order valence-electron chi connectivity index (χ3n) is 6.22. The summed E-state index contributed by atoms with van der Waals surface area (Å²) in [6.07, 6.45) is 6.83. The van der Waals surface area contributed by atoms with E-state index in [-0.39, 0.29) is 35.9 Å². The Labute approximate surface area is 198 Å². The van der Waals surface area contributed by atoms with Gasteiger partial charge in [-0.3, -0.25) is 14.5 Å². The molecule has 2 fully saturated rings. The van der Waals surface area contributed by atoms with Crippen molar-refractivity contribution in [3.63, 3.8) is 0 Å². The second kappa shape index (κ2) is 11.9. The molecule has 7 nitrogen and oxygen atoms in total. The SMILES string of the molecule is CN=C(NCC(C)Cn1nc(C)cc1C)NC1CCN(C(=O)C2CCCCC2)C1.I. The molecule has 2 aliphatic rings. The fourth-order valence-corrected chi connectivity index (χ4v) is 4.56. The van der Waals surface area contributed by atoms with Gasteiger partial charge in [0.05, 0.1) is 5.69 Å². The number of aromatic nitrogens is 2. The third-order valence-corrected chi connectivity index (χ3v) is 6.22. The lowest BCUT2D eigenvalue weighted by Crippen LogP contribution is -2.46. The zero-order chi connectivity index (χ0) is 20.8. The van der Waals surface area contributed by atoms with Crippen molar-refractivity contribution in [2.45, 2.75) is 71.9 Å². The van der Waals surface area contributed by atoms with Crippen molar-refractivity contribution in [2.75, 3.05) is 26.7 Å². The number of carbonyl (C=O) groups is 1. The minimum atomic E-state index is 0. The van der Waals surface area contributed by atoms with Crippen LogP contribution in [0.15, 0.2) is 11.1 Å². The van der Waals surface area contributed by atoms with Crippen molar-refractivity contribution >= 4 is 35.8 Å². The minimum absolute atomic E-state index is 0. The van der Waals surface area contributed by atoms with Gasteiger partial charge in [0.15, 0.2) is 5.96 Å². The Balaban J connectivity index is 0.00000320. The van der Waals surface area contributed by atoms with Crippen LogP contribution in [0.1, 0.15) is 56.8 Å². The minimum Gasteiger partial charge on any atom is -0.356 e. The molecular formula is C22H39IN6O. The maximum Gasteiger partial charge on any atom is 0.225 e. The van der Waals surface area contributed by atoms with E-state index in [4.69, 9.17) is 0 Å². The number of nitrogens with zero attached hydrogens (tertiary/aromatic N) is 4. The van der Waals surface area contributed by atoms with Gasteiger partial charge in [0.25, 0.3) is 0 Å². The zero-order valence-corrected chi connectivity index (χ0v) is 21.3. The van der Waals surface area contributed by atoms with Crippen molar-refractivity contribution in [3.8, 4) is 0 Å². The zero-order valence-electron chi connectivity index (χ0n) is 19.0. The molecule has 0 bridgehead atoms. The van der Waals surface area contributed by atoms with Crippen molar-refractivity contribution < 1.29 is 4.79 Å². The monoisotopic (exact) mass is 530 g/mol. The predicted molar refractivity (Wildman–Crippen MR) is 132 cm³/mol. The first-order valence-corrected chi connectivity index (χ1v) is 11.2. The molecule has 3 rings (SSSR count). The molecule has 1 saturated heterocycles. The smallest absolute Gasteiger partial charge is 0.225 e. The molecule has 1 aliphatic carbocycles. The second-order valence-electron chi connectivity index (χ2n) is 8.92. The molecule has 2 N–H and O–H groups in total. The summed E-state index contributed by atoms with van der Waals surface area (Å²) in [6.45, 7) is 9.71. The van der Waals surface area contributed by atoms with E-state index in [0.29, 0.717) is 11.8 Å². The van der Waals surface area contributed by atoms with Gasteiger partial charge in [0.1, 0.15) is 0 Å². The fraction of sp³-hybridized carbons (Fsp3) is 0.773. The van der Waals surface area contributed by atoms with Crippen LogP contribution < -0.4 is 10.6 Å². The number of hydrogen-bond acceptors (Lipinski definition) is 3. The number of hydrogen-bond donors (Lipinski definition) is 2. The number of amides is 1. The standard InChI is InChI=1S/C22H38N6O.HI/c1-16(14-28-18(3)12-17(2)26-28)13-24-22(23-4)25-20-10-11-27(15-20)21(29)19-8-6-5-7-9-19;/h12,16,19-20H,5-11,13-15H2,1-4H3,(H2,23,24,25);1H. The lowest BCUT2D eigenvalue weighted by atomic mass is 9.88. The van der Waals surface area contributed by atoms with Gasteiger partial charge in [-0.2, -0.15) is 5.10 Å². The predicted octanol–water partition coefficient (Wildman–Crippen LogP) is 3.10. The number of likely N-dealkylation sites (tertiary alicyclic amines) is 1. The number of rotatable bonds is 6. The maximum absolute atomic E-state index is 12.8. The average molecular weight is 530 g/mol. The Bertz CT molecular complexity index is 712. The molecule has 1 aromatic rings. The average Bonchev–Trinajstić information content (AvgIpc) is 3.31. The van der Waals surface area contributed by atoms with E-state index < -0.39 is 0 Å². The van der Waals surface area contributed by atoms with E-state index in [1.54, 1.807) is 7.05 Å². The number of aryl methyl sites for hydroxylation is 2. The highest BCUT2D eigenvalue weighted by molar-refractivity contribution is 14.0. The molecule has 1 aromatic heterocycles. The molecule has 8 heteroatoms. The number of nitrogens with one attached hydrogen (secondary N) is 2. The van der Waals surface area contributed by atoms with Crippen molar-refractivity contribution in [2.24, 2.45) is 16.8 Å². The number of halogens is 1. The Kier molecular flexibility index (Phi) is 9.90. The van der Waals surface area contributed by atoms with Crippen LogP contribution >= 0.6 is 24.0 Å². The topological polar surface area (TPSA) is 74.6 Å². The van der Waals surface area contributed by atoms with E-state index in [9.17, 15) is 4.79 Å². The van der Waals surface area contributed by atoms with Crippen LogP contribution in [0.3, 0.4) is 0 Å². The van der Waals surface area contributed by atoms with Gasteiger partial charge in [-0.15, -0.1) is 24.0 Å². The molecule has 2 atom stereocenters. The van der Waals surface area contributed by atoms with Crippen molar-refractivity contribution in [1.82, 2.24) is 25.3 Å². The van der Waals surface area contributed by atoms with Crippen LogP contribution in [-0.2, 0) is 11.3 Å². The fourth-order valence-electron chi connectivity index (χ4n) is 4.56. The highest BCUT2D eigenvalue weighted by Crippen LogP contribution is 2.26. The van der Waals surface area contributed by atoms with Gasteiger partial charge in [0.2, 0.25) is 5.91 Å². The summed E-state index contributed by atoms with van der Waals surface area (Å²) >= 11 is 0. The first-order valence-electron chi connectivity index (χ1n) is 11.2. The van der Waals surface area contributed by atoms with Crippen LogP contribution in [0.25, 0.3) is 0 Å². The Morgan fingerprint density at radius 1 is 1.27 bits per heavy atom. The number of guanidine groups is 1. The molecule has 30 heavy (non-hydrogen) atoms. The van der Waals surface area contributed by atoms with Crippen molar-refractivity contribution in [1.29, 1.82) is 0 Å². The number of carbonyl (C=O) groups excluding carboxylic acids is 1. The first-order chi connectivity index (χ1) is 14.0. The lowest BCUT2D eigenvalue weighted by Gasteiger charge is -2.26. The van der Waals surface area contributed by atoms with Crippen LogP contribution in [0, 0.1) is 25.7 Å². The first kappa shape index (κ1) is 24.9. The van der Waals surface area contributed by atoms with Gasteiger partial charge < -0.3 is 15.5 Å². The van der Waals surface area contributed by atoms with E-state index in [1.807, 2.05) is 6.92 Å². The van der Waals surface area contributed by atoms with Crippen LogP contribution in [0.4, 0.5) is 0 Å². The van der Waals surface area contributed by atoms with Crippen molar-refractivity contribution in [3.05, 3.63) is 17.5 Å². The molecule has 0 aromatic carbocycles. The van der Waals surface area contributed by atoms with E-state index >= 15 is 0 Å². The van der Waals surface area contributed by atoms with Gasteiger partial charge in [-0.1, -0.05) is 26.2 Å². The molecule has 1 amide bonds. The van der Waals surface area contributed by atoms with Gasteiger partial charge in [-0.05, 0) is 45.1 Å². The number of aliphatic imine (C=N–C) groups is 1. The molecule has 1 aliphatic heterocycles. The quantitative estimate of drug-likeness (QED) is 0.337.